The van der Waals surface area contributed by atoms with Crippen molar-refractivity contribution in [3.05, 3.63) is 41.7 Å². The number of anilines is 1. The molecule has 1 aromatic carbocycles. The number of benzene rings is 1. The van der Waals surface area contributed by atoms with Crippen LogP contribution in [0, 0.1) is 6.92 Å². The molecule has 1 aromatic heterocycles. The maximum Gasteiger partial charge on any atom is 0.123 e. The first-order valence-corrected chi connectivity index (χ1v) is 5.56. The van der Waals surface area contributed by atoms with Crippen LogP contribution in [0.1, 0.15) is 11.3 Å². The summed E-state index contributed by atoms with van der Waals surface area (Å²) in [6.07, 6.45) is 1.84. The smallest absolute Gasteiger partial charge is 0.123 e. The van der Waals surface area contributed by atoms with Crippen molar-refractivity contribution >= 4 is 18.1 Å². The lowest BCUT2D eigenvalue weighted by molar-refractivity contribution is 0.410. The van der Waals surface area contributed by atoms with E-state index >= 15 is 0 Å². The lowest BCUT2D eigenvalue weighted by Crippen LogP contribution is -2.02. The van der Waals surface area contributed by atoms with Crippen LogP contribution in [0.15, 0.2) is 30.5 Å². The minimum absolute atomic E-state index is 0. The number of hydrogen-bond acceptors (Lipinski definition) is 3. The zero-order valence-corrected chi connectivity index (χ0v) is 11.6. The lowest BCUT2D eigenvalue weighted by Gasteiger charge is -2.09. The molecular formula is C13H18ClN3O. The van der Waals surface area contributed by atoms with Gasteiger partial charge in [-0.25, -0.2) is 0 Å². The third kappa shape index (κ3) is 2.96. The molecule has 0 atom stereocenters. The first-order valence-electron chi connectivity index (χ1n) is 5.56. The number of nitrogens with zero attached hydrogens (tertiary/aromatic N) is 2. The van der Waals surface area contributed by atoms with Crippen molar-refractivity contribution in [1.82, 2.24) is 9.78 Å². The fourth-order valence-corrected chi connectivity index (χ4v) is 1.71. The number of para-hydroxylation sites is 1. The Hall–Kier alpha value is -1.68. The minimum atomic E-state index is 0. The zero-order valence-electron chi connectivity index (χ0n) is 10.8. The van der Waals surface area contributed by atoms with Gasteiger partial charge in [0.2, 0.25) is 0 Å². The van der Waals surface area contributed by atoms with E-state index in [9.17, 15) is 0 Å². The summed E-state index contributed by atoms with van der Waals surface area (Å²) in [5.74, 6) is 0.904. The lowest BCUT2D eigenvalue weighted by atomic mass is 10.2. The van der Waals surface area contributed by atoms with Crippen LogP contribution >= 0.6 is 12.4 Å². The van der Waals surface area contributed by atoms with Crippen molar-refractivity contribution in [2.45, 2.75) is 13.5 Å². The Morgan fingerprint density at radius 3 is 2.67 bits per heavy atom. The normalized spacial score (nSPS) is 9.72. The number of nitrogens with one attached hydrogen (secondary N) is 1. The minimum Gasteiger partial charge on any atom is -0.496 e. The number of aromatic nitrogens is 2. The van der Waals surface area contributed by atoms with Gasteiger partial charge in [-0.1, -0.05) is 18.2 Å². The van der Waals surface area contributed by atoms with Crippen LogP contribution in [0.2, 0.25) is 0 Å². The number of methoxy groups -OCH3 is 1. The summed E-state index contributed by atoms with van der Waals surface area (Å²) in [4.78, 5) is 0. The number of halogens is 1. The monoisotopic (exact) mass is 267 g/mol. The Labute approximate surface area is 113 Å². The Morgan fingerprint density at radius 1 is 1.33 bits per heavy atom. The molecule has 98 valence electrons. The van der Waals surface area contributed by atoms with E-state index in [2.05, 4.69) is 16.5 Å². The van der Waals surface area contributed by atoms with Gasteiger partial charge in [0.05, 0.1) is 24.7 Å². The molecule has 0 saturated heterocycles. The fraction of sp³-hybridized carbons (Fsp3) is 0.308. The van der Waals surface area contributed by atoms with Crippen LogP contribution in [0.4, 0.5) is 5.69 Å². The average molecular weight is 268 g/mol. The highest BCUT2D eigenvalue weighted by molar-refractivity contribution is 5.85. The van der Waals surface area contributed by atoms with Crippen LogP contribution in [0.3, 0.4) is 0 Å². The van der Waals surface area contributed by atoms with Gasteiger partial charge in [0.15, 0.2) is 0 Å². The SMILES string of the molecule is COc1ccccc1CNc1cnn(C)c1C.Cl. The van der Waals surface area contributed by atoms with Crippen LogP contribution in [0.5, 0.6) is 5.75 Å². The summed E-state index contributed by atoms with van der Waals surface area (Å²) in [5.41, 5.74) is 3.32. The molecule has 0 unspecified atom stereocenters. The van der Waals surface area contributed by atoms with E-state index in [1.165, 1.54) is 0 Å². The number of hydrogen-bond donors (Lipinski definition) is 1. The Kier molecular flexibility index (Phi) is 5.04. The molecule has 0 aliphatic rings. The van der Waals surface area contributed by atoms with Gasteiger partial charge >= 0.3 is 0 Å². The van der Waals surface area contributed by atoms with Gasteiger partial charge in [-0.3, -0.25) is 4.68 Å². The molecule has 0 aliphatic carbocycles. The molecule has 2 aromatic rings. The number of ether oxygens (including phenoxy) is 1. The van der Waals surface area contributed by atoms with Gasteiger partial charge in [-0.2, -0.15) is 5.10 Å². The van der Waals surface area contributed by atoms with E-state index in [0.29, 0.717) is 0 Å². The van der Waals surface area contributed by atoms with Crippen molar-refractivity contribution < 1.29 is 4.74 Å². The molecular weight excluding hydrogens is 250 g/mol. The molecule has 0 spiro atoms. The molecule has 0 bridgehead atoms. The molecule has 0 saturated carbocycles. The van der Waals surface area contributed by atoms with Gasteiger partial charge in [0.1, 0.15) is 5.75 Å². The van der Waals surface area contributed by atoms with E-state index in [-0.39, 0.29) is 12.4 Å². The van der Waals surface area contributed by atoms with Gasteiger partial charge in [0.25, 0.3) is 0 Å². The van der Waals surface area contributed by atoms with E-state index in [4.69, 9.17) is 4.74 Å². The van der Waals surface area contributed by atoms with E-state index in [0.717, 1.165) is 29.2 Å². The second kappa shape index (κ2) is 6.31. The van der Waals surface area contributed by atoms with Crippen molar-refractivity contribution in [3.8, 4) is 5.75 Å². The third-order valence-corrected chi connectivity index (χ3v) is 2.90. The Balaban J connectivity index is 0.00000162. The summed E-state index contributed by atoms with van der Waals surface area (Å²) in [7, 11) is 3.62. The molecule has 5 heteroatoms. The molecule has 0 aliphatic heterocycles. The predicted molar refractivity (Wildman–Crippen MR) is 75.5 cm³/mol. The fourth-order valence-electron chi connectivity index (χ4n) is 1.71. The van der Waals surface area contributed by atoms with Crippen LogP contribution in [0.25, 0.3) is 0 Å². The van der Waals surface area contributed by atoms with Gasteiger partial charge < -0.3 is 10.1 Å². The number of aryl methyl sites for hydroxylation is 1. The quantitative estimate of drug-likeness (QED) is 0.926. The van der Waals surface area contributed by atoms with Crippen molar-refractivity contribution in [2.24, 2.45) is 7.05 Å². The summed E-state index contributed by atoms with van der Waals surface area (Å²) >= 11 is 0. The Bertz CT molecular complexity index is 511. The van der Waals surface area contributed by atoms with Crippen LogP contribution in [-0.4, -0.2) is 16.9 Å². The third-order valence-electron chi connectivity index (χ3n) is 2.90. The van der Waals surface area contributed by atoms with E-state index < -0.39 is 0 Å². The topological polar surface area (TPSA) is 39.1 Å². The maximum absolute atomic E-state index is 5.31. The highest BCUT2D eigenvalue weighted by Crippen LogP contribution is 2.20. The standard InChI is InChI=1S/C13H17N3O.ClH/c1-10-12(9-15-16(10)2)14-8-11-6-4-5-7-13(11)17-3;/h4-7,9,14H,8H2,1-3H3;1H. The highest BCUT2D eigenvalue weighted by atomic mass is 35.5. The predicted octanol–water partition coefficient (Wildman–Crippen LogP) is 2.77. The van der Waals surface area contributed by atoms with Crippen LogP contribution in [-0.2, 0) is 13.6 Å². The van der Waals surface area contributed by atoms with Gasteiger partial charge in [-0.15, -0.1) is 12.4 Å². The largest absolute Gasteiger partial charge is 0.496 e. The molecule has 0 fully saturated rings. The summed E-state index contributed by atoms with van der Waals surface area (Å²) in [6, 6.07) is 8.00. The molecule has 1 heterocycles. The molecule has 1 N–H and O–H groups in total. The molecule has 4 nitrogen and oxygen atoms in total. The second-order valence-electron chi connectivity index (χ2n) is 3.93. The molecule has 18 heavy (non-hydrogen) atoms. The second-order valence-corrected chi connectivity index (χ2v) is 3.93. The maximum atomic E-state index is 5.31. The van der Waals surface area contributed by atoms with E-state index in [1.807, 2.05) is 43.0 Å². The summed E-state index contributed by atoms with van der Waals surface area (Å²) in [6.45, 7) is 2.77. The van der Waals surface area contributed by atoms with Gasteiger partial charge in [0, 0.05) is 19.2 Å². The molecule has 2 rings (SSSR count). The summed E-state index contributed by atoms with van der Waals surface area (Å²) in [5, 5.41) is 7.56. The first-order chi connectivity index (χ1) is 8.22. The van der Waals surface area contributed by atoms with Crippen molar-refractivity contribution in [3.63, 3.8) is 0 Å². The molecule has 0 amide bonds. The van der Waals surface area contributed by atoms with Crippen molar-refractivity contribution in [2.75, 3.05) is 12.4 Å². The average Bonchev–Trinajstić information content (AvgIpc) is 2.68. The van der Waals surface area contributed by atoms with Crippen molar-refractivity contribution in [1.29, 1.82) is 0 Å². The first kappa shape index (κ1) is 14.4. The van der Waals surface area contributed by atoms with Crippen LogP contribution < -0.4 is 10.1 Å². The molecule has 0 radical (unpaired) electrons. The zero-order chi connectivity index (χ0) is 12.3. The number of rotatable bonds is 4. The van der Waals surface area contributed by atoms with E-state index in [1.54, 1.807) is 7.11 Å². The highest BCUT2D eigenvalue weighted by Gasteiger charge is 2.05. The summed E-state index contributed by atoms with van der Waals surface area (Å²) < 4.78 is 7.16. The Morgan fingerprint density at radius 2 is 2.06 bits per heavy atom. The van der Waals surface area contributed by atoms with Gasteiger partial charge in [-0.05, 0) is 13.0 Å².